The van der Waals surface area contributed by atoms with E-state index in [1.807, 2.05) is 6.92 Å². The number of hydrogen-bond donors (Lipinski definition) is 1. The van der Waals surface area contributed by atoms with Crippen LogP contribution in [0, 0.1) is 6.92 Å². The Bertz CT molecular complexity index is 1180. The zero-order valence-corrected chi connectivity index (χ0v) is 19.6. The summed E-state index contributed by atoms with van der Waals surface area (Å²) in [5.41, 5.74) is 4.31. The van der Waals surface area contributed by atoms with Crippen LogP contribution in [0.25, 0.3) is 6.08 Å². The standard InChI is InChI=1S/C25H26ClN3O3/c1-14-9-21-19(15(2)13-25(3,4)28(21)5)10-16(14)11-20-22(30)27-24(32)29(23(20)31)18-8-6-7-17(26)12-18/h6-12,15H,13H2,1-5H3,(H,27,30,32)/b20-11+. The number of carbonyl (C=O) groups is 3. The predicted octanol–water partition coefficient (Wildman–Crippen LogP) is 5.04. The number of fused-ring (bicyclic) bond motifs is 1. The number of barbiturate groups is 1. The van der Waals surface area contributed by atoms with Crippen molar-refractivity contribution in [2.24, 2.45) is 0 Å². The van der Waals surface area contributed by atoms with Crippen LogP contribution in [0.15, 0.2) is 42.0 Å². The highest BCUT2D eigenvalue weighted by Gasteiger charge is 2.38. The maximum atomic E-state index is 13.2. The average molecular weight is 452 g/mol. The largest absolute Gasteiger partial charge is 0.369 e. The molecule has 4 rings (SSSR count). The topological polar surface area (TPSA) is 69.7 Å². The maximum absolute atomic E-state index is 13.2. The van der Waals surface area contributed by atoms with E-state index in [9.17, 15) is 14.4 Å². The van der Waals surface area contributed by atoms with Crippen molar-refractivity contribution in [2.75, 3.05) is 16.8 Å². The van der Waals surface area contributed by atoms with Crippen LogP contribution in [0.2, 0.25) is 5.02 Å². The van der Waals surface area contributed by atoms with Gasteiger partial charge in [0.2, 0.25) is 0 Å². The lowest BCUT2D eigenvalue weighted by atomic mass is 9.79. The van der Waals surface area contributed by atoms with Crippen molar-refractivity contribution in [1.82, 2.24) is 5.32 Å². The molecule has 6 nitrogen and oxygen atoms in total. The molecule has 1 atom stereocenters. The molecule has 2 heterocycles. The van der Waals surface area contributed by atoms with E-state index in [0.29, 0.717) is 16.6 Å². The first-order valence-corrected chi connectivity index (χ1v) is 10.9. The van der Waals surface area contributed by atoms with Crippen LogP contribution in [0.4, 0.5) is 16.2 Å². The summed E-state index contributed by atoms with van der Waals surface area (Å²) < 4.78 is 0. The molecule has 32 heavy (non-hydrogen) atoms. The summed E-state index contributed by atoms with van der Waals surface area (Å²) >= 11 is 6.03. The molecule has 0 radical (unpaired) electrons. The lowest BCUT2D eigenvalue weighted by molar-refractivity contribution is -0.122. The fourth-order valence-corrected chi connectivity index (χ4v) is 4.74. The number of nitrogens with zero attached hydrogens (tertiary/aromatic N) is 2. The van der Waals surface area contributed by atoms with Crippen molar-refractivity contribution in [1.29, 1.82) is 0 Å². The second-order valence-corrected chi connectivity index (χ2v) is 9.62. The van der Waals surface area contributed by atoms with Gasteiger partial charge in [0, 0.05) is 23.3 Å². The van der Waals surface area contributed by atoms with E-state index in [-0.39, 0.29) is 11.1 Å². The first-order chi connectivity index (χ1) is 15.0. The van der Waals surface area contributed by atoms with Crippen LogP contribution >= 0.6 is 11.6 Å². The number of urea groups is 1. The molecule has 2 aliphatic heterocycles. The van der Waals surface area contributed by atoms with Crippen LogP contribution in [0.1, 0.15) is 49.8 Å². The summed E-state index contributed by atoms with van der Waals surface area (Å²) in [7, 11) is 2.09. The molecule has 1 saturated heterocycles. The molecular weight excluding hydrogens is 426 g/mol. The number of halogens is 1. The smallest absolute Gasteiger partial charge is 0.335 e. The maximum Gasteiger partial charge on any atom is 0.335 e. The van der Waals surface area contributed by atoms with E-state index in [4.69, 9.17) is 11.6 Å². The van der Waals surface area contributed by atoms with Gasteiger partial charge in [0.05, 0.1) is 5.69 Å². The van der Waals surface area contributed by atoms with Crippen molar-refractivity contribution < 1.29 is 14.4 Å². The molecular formula is C25H26ClN3O3. The first kappa shape index (κ1) is 22.1. The van der Waals surface area contributed by atoms with Gasteiger partial charge < -0.3 is 4.90 Å². The number of anilines is 2. The van der Waals surface area contributed by atoms with Gasteiger partial charge in [0.15, 0.2) is 0 Å². The van der Waals surface area contributed by atoms with Gasteiger partial charge >= 0.3 is 6.03 Å². The number of rotatable bonds is 2. The summed E-state index contributed by atoms with van der Waals surface area (Å²) in [6.07, 6.45) is 2.57. The van der Waals surface area contributed by atoms with Gasteiger partial charge in [-0.3, -0.25) is 14.9 Å². The summed E-state index contributed by atoms with van der Waals surface area (Å²) in [5, 5.41) is 2.65. The predicted molar refractivity (Wildman–Crippen MR) is 127 cm³/mol. The Morgan fingerprint density at radius 2 is 1.88 bits per heavy atom. The molecule has 2 aromatic rings. The number of carbonyl (C=O) groups excluding carboxylic acids is 3. The van der Waals surface area contributed by atoms with Crippen LogP contribution < -0.4 is 15.1 Å². The quantitative estimate of drug-likeness (QED) is 0.513. The number of benzene rings is 2. The Kier molecular flexibility index (Phi) is 5.37. The first-order valence-electron chi connectivity index (χ1n) is 10.5. The van der Waals surface area contributed by atoms with Gasteiger partial charge in [0.1, 0.15) is 5.57 Å². The van der Waals surface area contributed by atoms with Gasteiger partial charge in [-0.1, -0.05) is 24.6 Å². The fraction of sp³-hybridized carbons (Fsp3) is 0.320. The number of amides is 4. The summed E-state index contributed by atoms with van der Waals surface area (Å²) in [6, 6.07) is 9.76. The second kappa shape index (κ2) is 7.78. The molecule has 0 saturated carbocycles. The van der Waals surface area contributed by atoms with E-state index in [1.165, 1.54) is 11.6 Å². The van der Waals surface area contributed by atoms with Gasteiger partial charge in [-0.15, -0.1) is 0 Å². The lowest BCUT2D eigenvalue weighted by Crippen LogP contribution is -2.54. The van der Waals surface area contributed by atoms with Crippen molar-refractivity contribution in [2.45, 2.75) is 45.6 Å². The zero-order valence-electron chi connectivity index (χ0n) is 18.8. The van der Waals surface area contributed by atoms with Crippen LogP contribution in [0.5, 0.6) is 0 Å². The Hall–Kier alpha value is -3.12. The zero-order chi connectivity index (χ0) is 23.4. The van der Waals surface area contributed by atoms with Gasteiger partial charge in [-0.25, -0.2) is 9.69 Å². The monoisotopic (exact) mass is 451 g/mol. The number of hydrogen-bond acceptors (Lipinski definition) is 4. The average Bonchev–Trinajstić information content (AvgIpc) is 2.69. The Morgan fingerprint density at radius 1 is 1.16 bits per heavy atom. The Morgan fingerprint density at radius 3 is 2.56 bits per heavy atom. The van der Waals surface area contributed by atoms with Crippen LogP contribution in [-0.2, 0) is 9.59 Å². The highest BCUT2D eigenvalue weighted by atomic mass is 35.5. The number of aryl methyl sites for hydroxylation is 1. The highest BCUT2D eigenvalue weighted by molar-refractivity contribution is 6.39. The molecule has 0 aliphatic carbocycles. The molecule has 2 aliphatic rings. The molecule has 7 heteroatoms. The summed E-state index contributed by atoms with van der Waals surface area (Å²) in [5.74, 6) is -1.06. The minimum Gasteiger partial charge on any atom is -0.369 e. The third kappa shape index (κ3) is 3.69. The Labute approximate surface area is 192 Å². The molecule has 0 aromatic heterocycles. The SMILES string of the molecule is Cc1cc2c(cc1/C=C1\C(=O)NC(=O)N(c3cccc(Cl)c3)C1=O)C(C)CC(C)(C)N2C. The van der Waals surface area contributed by atoms with Gasteiger partial charge in [0.25, 0.3) is 11.8 Å². The summed E-state index contributed by atoms with van der Waals surface area (Å²) in [4.78, 5) is 41.4. The molecule has 1 N–H and O–H groups in total. The Balaban J connectivity index is 1.78. The molecule has 0 spiro atoms. The lowest BCUT2D eigenvalue weighted by Gasteiger charge is -2.45. The molecule has 1 unspecified atom stereocenters. The molecule has 2 aromatic carbocycles. The van der Waals surface area contributed by atoms with Crippen molar-refractivity contribution in [3.63, 3.8) is 0 Å². The van der Waals surface area contributed by atoms with Crippen molar-refractivity contribution >= 4 is 46.9 Å². The third-order valence-electron chi connectivity index (χ3n) is 6.49. The second-order valence-electron chi connectivity index (χ2n) is 9.18. The normalized spacial score (nSPS) is 21.6. The molecule has 4 amide bonds. The third-order valence-corrected chi connectivity index (χ3v) is 6.72. The fourth-order valence-electron chi connectivity index (χ4n) is 4.55. The van der Waals surface area contributed by atoms with Gasteiger partial charge in [-0.2, -0.15) is 0 Å². The summed E-state index contributed by atoms with van der Waals surface area (Å²) in [6.45, 7) is 8.60. The van der Waals surface area contributed by atoms with E-state index >= 15 is 0 Å². The molecule has 0 bridgehead atoms. The van der Waals surface area contributed by atoms with Crippen molar-refractivity contribution in [3.05, 3.63) is 63.7 Å². The number of imide groups is 2. The van der Waals surface area contributed by atoms with Crippen LogP contribution in [-0.4, -0.2) is 30.4 Å². The minimum atomic E-state index is -0.793. The molecule has 1 fully saturated rings. The van der Waals surface area contributed by atoms with Crippen molar-refractivity contribution in [3.8, 4) is 0 Å². The minimum absolute atomic E-state index is 0.0376. The van der Waals surface area contributed by atoms with Gasteiger partial charge in [-0.05, 0) is 86.2 Å². The van der Waals surface area contributed by atoms with E-state index in [1.54, 1.807) is 24.3 Å². The highest BCUT2D eigenvalue weighted by Crippen LogP contribution is 2.43. The van der Waals surface area contributed by atoms with E-state index < -0.39 is 17.8 Å². The number of nitrogens with one attached hydrogen (secondary N) is 1. The van der Waals surface area contributed by atoms with E-state index in [2.05, 4.69) is 50.2 Å². The molecule has 166 valence electrons. The van der Waals surface area contributed by atoms with Crippen LogP contribution in [0.3, 0.4) is 0 Å². The van der Waals surface area contributed by atoms with E-state index in [0.717, 1.165) is 28.1 Å².